The minimum Gasteiger partial charge on any atom is -0.472 e. The minimum absolute atomic E-state index is 0.309. The van der Waals surface area contributed by atoms with Gasteiger partial charge in [0.15, 0.2) is 0 Å². The molecule has 1 heterocycles. The standard InChI is InChI=1S/C10H13F3N2O2/c1-15(5-8-2-3-17-6-8)9(16)4-14-7-10(11,12)13/h2-3,6,14H,4-5,7H2,1H3. The van der Waals surface area contributed by atoms with Crippen LogP contribution < -0.4 is 5.32 Å². The van der Waals surface area contributed by atoms with Crippen LogP contribution >= 0.6 is 0 Å². The second-order valence-electron chi connectivity index (χ2n) is 3.60. The average molecular weight is 250 g/mol. The second-order valence-corrected chi connectivity index (χ2v) is 3.60. The van der Waals surface area contributed by atoms with Crippen molar-refractivity contribution in [2.24, 2.45) is 0 Å². The van der Waals surface area contributed by atoms with E-state index in [-0.39, 0.29) is 6.54 Å². The maximum Gasteiger partial charge on any atom is 0.401 e. The van der Waals surface area contributed by atoms with Gasteiger partial charge >= 0.3 is 6.18 Å². The van der Waals surface area contributed by atoms with Gasteiger partial charge in [0.25, 0.3) is 0 Å². The van der Waals surface area contributed by atoms with Gasteiger partial charge in [0.2, 0.25) is 5.91 Å². The predicted molar refractivity (Wildman–Crippen MR) is 54.1 cm³/mol. The van der Waals surface area contributed by atoms with E-state index in [1.165, 1.54) is 24.5 Å². The van der Waals surface area contributed by atoms with Gasteiger partial charge in [-0.3, -0.25) is 4.79 Å². The summed E-state index contributed by atoms with van der Waals surface area (Å²) in [5, 5.41) is 2.05. The number of carbonyl (C=O) groups is 1. The molecule has 1 rings (SSSR count). The van der Waals surface area contributed by atoms with Crippen LogP contribution in [0.25, 0.3) is 0 Å². The number of rotatable bonds is 5. The zero-order valence-electron chi connectivity index (χ0n) is 9.25. The predicted octanol–water partition coefficient (Wildman–Crippen LogP) is 1.39. The summed E-state index contributed by atoms with van der Waals surface area (Å²) in [7, 11) is 1.52. The molecule has 96 valence electrons. The molecule has 0 radical (unpaired) electrons. The molecule has 0 aromatic carbocycles. The Morgan fingerprint density at radius 1 is 1.53 bits per heavy atom. The lowest BCUT2D eigenvalue weighted by atomic mass is 10.3. The van der Waals surface area contributed by atoms with E-state index in [0.29, 0.717) is 6.54 Å². The van der Waals surface area contributed by atoms with Gasteiger partial charge in [-0.1, -0.05) is 0 Å². The molecule has 4 nitrogen and oxygen atoms in total. The molecule has 0 bridgehead atoms. The highest BCUT2D eigenvalue weighted by molar-refractivity contribution is 5.77. The Balaban J connectivity index is 2.28. The van der Waals surface area contributed by atoms with Gasteiger partial charge in [0, 0.05) is 19.2 Å². The third-order valence-electron chi connectivity index (χ3n) is 2.03. The van der Waals surface area contributed by atoms with Crippen LogP contribution in [0.5, 0.6) is 0 Å². The van der Waals surface area contributed by atoms with Gasteiger partial charge in [-0.15, -0.1) is 0 Å². The summed E-state index contributed by atoms with van der Waals surface area (Å²) < 4.78 is 40.3. The minimum atomic E-state index is -4.30. The molecule has 1 amide bonds. The summed E-state index contributed by atoms with van der Waals surface area (Å²) >= 11 is 0. The summed E-state index contributed by atoms with van der Waals surface area (Å²) in [6, 6.07) is 1.69. The van der Waals surface area contributed by atoms with Crippen molar-refractivity contribution in [1.82, 2.24) is 10.2 Å². The Morgan fingerprint density at radius 3 is 2.76 bits per heavy atom. The number of amides is 1. The summed E-state index contributed by atoms with van der Waals surface area (Å²) in [5.74, 6) is -0.407. The Kier molecular flexibility index (Phi) is 4.56. The zero-order valence-corrected chi connectivity index (χ0v) is 9.25. The molecular weight excluding hydrogens is 237 g/mol. The summed E-state index contributed by atoms with van der Waals surface area (Å²) in [5.41, 5.74) is 0.789. The fourth-order valence-corrected chi connectivity index (χ4v) is 1.19. The maximum absolute atomic E-state index is 11.8. The number of halogens is 3. The number of likely N-dealkylation sites (N-methyl/N-ethyl adjacent to an activating group) is 1. The van der Waals surface area contributed by atoms with Crippen molar-refractivity contribution in [2.45, 2.75) is 12.7 Å². The number of nitrogens with zero attached hydrogens (tertiary/aromatic N) is 1. The Hall–Kier alpha value is -1.50. The van der Waals surface area contributed by atoms with Gasteiger partial charge in [-0.25, -0.2) is 0 Å². The molecule has 0 aliphatic carbocycles. The zero-order chi connectivity index (χ0) is 12.9. The van der Waals surface area contributed by atoms with Gasteiger partial charge in [0.05, 0.1) is 25.6 Å². The van der Waals surface area contributed by atoms with E-state index >= 15 is 0 Å². The number of hydrogen-bond acceptors (Lipinski definition) is 3. The van der Waals surface area contributed by atoms with E-state index in [9.17, 15) is 18.0 Å². The molecule has 0 spiro atoms. The number of carbonyl (C=O) groups excluding carboxylic acids is 1. The molecule has 0 aliphatic heterocycles. The largest absolute Gasteiger partial charge is 0.472 e. The number of alkyl halides is 3. The summed E-state index contributed by atoms with van der Waals surface area (Å²) in [6.07, 6.45) is -1.36. The first kappa shape index (κ1) is 13.6. The van der Waals surface area contributed by atoms with Crippen molar-refractivity contribution < 1.29 is 22.4 Å². The third-order valence-corrected chi connectivity index (χ3v) is 2.03. The number of hydrogen-bond donors (Lipinski definition) is 1. The fraction of sp³-hybridized carbons (Fsp3) is 0.500. The molecule has 0 fully saturated rings. The van der Waals surface area contributed by atoms with E-state index in [0.717, 1.165) is 5.56 Å². The van der Waals surface area contributed by atoms with E-state index in [4.69, 9.17) is 4.42 Å². The molecule has 0 unspecified atom stereocenters. The highest BCUT2D eigenvalue weighted by atomic mass is 19.4. The Labute approximate surface area is 96.4 Å². The first-order chi connectivity index (χ1) is 7.88. The highest BCUT2D eigenvalue weighted by Crippen LogP contribution is 2.12. The first-order valence-electron chi connectivity index (χ1n) is 4.91. The van der Waals surface area contributed by atoms with Crippen molar-refractivity contribution in [3.63, 3.8) is 0 Å². The molecule has 7 heteroatoms. The normalized spacial score (nSPS) is 11.5. The SMILES string of the molecule is CN(Cc1ccoc1)C(=O)CNCC(F)(F)F. The number of nitrogens with one attached hydrogen (secondary N) is 1. The van der Waals surface area contributed by atoms with Crippen LogP contribution in [0.1, 0.15) is 5.56 Å². The Bertz CT molecular complexity index is 349. The number of furan rings is 1. The quantitative estimate of drug-likeness (QED) is 0.859. The smallest absolute Gasteiger partial charge is 0.401 e. The summed E-state index contributed by atoms with van der Waals surface area (Å²) in [6.45, 7) is -1.20. The molecule has 0 saturated heterocycles. The highest BCUT2D eigenvalue weighted by Gasteiger charge is 2.26. The second kappa shape index (κ2) is 5.72. The molecule has 0 saturated carbocycles. The van der Waals surface area contributed by atoms with Gasteiger partial charge in [-0.2, -0.15) is 13.2 Å². The molecule has 0 atom stereocenters. The van der Waals surface area contributed by atoms with E-state index < -0.39 is 18.6 Å². The van der Waals surface area contributed by atoms with Gasteiger partial charge in [-0.05, 0) is 6.07 Å². The molecular formula is C10H13F3N2O2. The van der Waals surface area contributed by atoms with Crippen LogP contribution in [0, 0.1) is 0 Å². The summed E-state index contributed by atoms with van der Waals surface area (Å²) in [4.78, 5) is 12.7. The van der Waals surface area contributed by atoms with Crippen molar-refractivity contribution in [1.29, 1.82) is 0 Å². The van der Waals surface area contributed by atoms with Crippen LogP contribution in [-0.4, -0.2) is 37.1 Å². The monoisotopic (exact) mass is 250 g/mol. The molecule has 0 aliphatic rings. The lowest BCUT2D eigenvalue weighted by Crippen LogP contribution is -2.38. The van der Waals surface area contributed by atoms with Crippen molar-refractivity contribution >= 4 is 5.91 Å². The Morgan fingerprint density at radius 2 is 2.24 bits per heavy atom. The maximum atomic E-state index is 11.8. The van der Waals surface area contributed by atoms with Crippen molar-refractivity contribution in [2.75, 3.05) is 20.1 Å². The van der Waals surface area contributed by atoms with Gasteiger partial charge < -0.3 is 14.6 Å². The van der Waals surface area contributed by atoms with Crippen LogP contribution in [0.4, 0.5) is 13.2 Å². The fourth-order valence-electron chi connectivity index (χ4n) is 1.19. The van der Waals surface area contributed by atoms with Gasteiger partial charge in [0.1, 0.15) is 0 Å². The van der Waals surface area contributed by atoms with Crippen LogP contribution in [-0.2, 0) is 11.3 Å². The van der Waals surface area contributed by atoms with Crippen LogP contribution in [0.3, 0.4) is 0 Å². The molecule has 17 heavy (non-hydrogen) atoms. The van der Waals surface area contributed by atoms with E-state index in [2.05, 4.69) is 0 Å². The topological polar surface area (TPSA) is 45.5 Å². The third kappa shape index (κ3) is 5.39. The van der Waals surface area contributed by atoms with E-state index in [1.54, 1.807) is 6.07 Å². The molecule has 1 aromatic rings. The van der Waals surface area contributed by atoms with Crippen LogP contribution in [0.15, 0.2) is 23.0 Å². The lowest BCUT2D eigenvalue weighted by molar-refractivity contribution is -0.133. The lowest BCUT2D eigenvalue weighted by Gasteiger charge is -2.16. The molecule has 1 N–H and O–H groups in total. The van der Waals surface area contributed by atoms with E-state index in [1.807, 2.05) is 5.32 Å². The van der Waals surface area contributed by atoms with Crippen molar-refractivity contribution in [3.8, 4) is 0 Å². The molecule has 1 aromatic heterocycles. The van der Waals surface area contributed by atoms with Crippen molar-refractivity contribution in [3.05, 3.63) is 24.2 Å². The van der Waals surface area contributed by atoms with Crippen LogP contribution in [0.2, 0.25) is 0 Å². The first-order valence-corrected chi connectivity index (χ1v) is 4.91. The average Bonchev–Trinajstić information content (AvgIpc) is 2.68.